The maximum Gasteiger partial charge on any atom is 0.370 e. The molecule has 78 valence electrons. The van der Waals surface area contributed by atoms with E-state index in [2.05, 4.69) is 11.6 Å². The zero-order chi connectivity index (χ0) is 11.2. The molecule has 0 saturated heterocycles. The van der Waals surface area contributed by atoms with E-state index >= 15 is 0 Å². The molecule has 0 unspecified atom stereocenters. The van der Waals surface area contributed by atoms with Gasteiger partial charge in [-0.15, -0.1) is 0 Å². The summed E-state index contributed by atoms with van der Waals surface area (Å²) in [5.74, 6) is 0. The van der Waals surface area contributed by atoms with Crippen LogP contribution in [0.3, 0.4) is 0 Å². The molecule has 0 fully saturated rings. The minimum Gasteiger partial charge on any atom is -0.421 e. The van der Waals surface area contributed by atoms with Crippen molar-refractivity contribution >= 4 is 17.4 Å². The van der Waals surface area contributed by atoms with Gasteiger partial charge in [0.05, 0.1) is 6.33 Å². The molecule has 0 amide bonds. The minimum absolute atomic E-state index is 0.0334. The lowest BCUT2D eigenvalue weighted by atomic mass is 10.5. The standard InChI is InChI=1S/C8H8N4O3/c1-3-11-6-5(10(2)4-9-6)7(13)12(15)8(11)14/h3-4,15H,1H2,2H3. The molecule has 2 aromatic heterocycles. The van der Waals surface area contributed by atoms with Gasteiger partial charge < -0.3 is 9.77 Å². The second-order valence-corrected chi connectivity index (χ2v) is 2.98. The number of nitrogens with zero attached hydrogens (tertiary/aromatic N) is 4. The maximum absolute atomic E-state index is 11.5. The van der Waals surface area contributed by atoms with Crippen LogP contribution in [0.15, 0.2) is 22.5 Å². The molecular formula is C8H8N4O3. The average Bonchev–Trinajstić information content (AvgIpc) is 2.58. The van der Waals surface area contributed by atoms with Gasteiger partial charge in [0.1, 0.15) is 0 Å². The molecular weight excluding hydrogens is 200 g/mol. The van der Waals surface area contributed by atoms with Crippen LogP contribution in [-0.4, -0.2) is 24.1 Å². The highest BCUT2D eigenvalue weighted by Gasteiger charge is 2.14. The lowest BCUT2D eigenvalue weighted by Gasteiger charge is -2.02. The molecule has 0 aromatic carbocycles. The molecule has 7 nitrogen and oxygen atoms in total. The summed E-state index contributed by atoms with van der Waals surface area (Å²) in [6, 6.07) is 0. The minimum atomic E-state index is -0.888. The summed E-state index contributed by atoms with van der Waals surface area (Å²) in [6.07, 6.45) is 2.56. The smallest absolute Gasteiger partial charge is 0.370 e. The Morgan fingerprint density at radius 1 is 1.53 bits per heavy atom. The Kier molecular flexibility index (Phi) is 1.75. The third-order valence-corrected chi connectivity index (χ3v) is 2.11. The Labute approximate surface area is 83.1 Å². The molecule has 0 aliphatic carbocycles. The molecule has 7 heteroatoms. The van der Waals surface area contributed by atoms with Gasteiger partial charge in [-0.2, -0.15) is 0 Å². The Morgan fingerprint density at radius 3 is 2.80 bits per heavy atom. The summed E-state index contributed by atoms with van der Waals surface area (Å²) < 4.78 is 2.45. The first kappa shape index (κ1) is 9.25. The second kappa shape index (κ2) is 2.84. The first-order valence-electron chi connectivity index (χ1n) is 4.08. The molecule has 15 heavy (non-hydrogen) atoms. The van der Waals surface area contributed by atoms with E-state index in [1.807, 2.05) is 0 Å². The van der Waals surface area contributed by atoms with Crippen molar-refractivity contribution in [3.63, 3.8) is 0 Å². The first-order valence-corrected chi connectivity index (χ1v) is 4.08. The highest BCUT2D eigenvalue weighted by Crippen LogP contribution is 2.03. The zero-order valence-corrected chi connectivity index (χ0v) is 7.91. The summed E-state index contributed by atoms with van der Waals surface area (Å²) in [6.45, 7) is 3.41. The van der Waals surface area contributed by atoms with Crippen LogP contribution in [0.1, 0.15) is 0 Å². The molecule has 2 rings (SSSR count). The SMILES string of the molecule is C=Cn1c(=O)n(O)c(=O)c2c1ncn2C. The number of aryl methyl sites for hydroxylation is 1. The van der Waals surface area contributed by atoms with Gasteiger partial charge in [0, 0.05) is 13.2 Å². The van der Waals surface area contributed by atoms with Crippen molar-refractivity contribution in [1.29, 1.82) is 0 Å². The zero-order valence-electron chi connectivity index (χ0n) is 7.91. The van der Waals surface area contributed by atoms with Crippen molar-refractivity contribution in [3.05, 3.63) is 33.7 Å². The molecule has 0 aliphatic heterocycles. The lowest BCUT2D eigenvalue weighted by Crippen LogP contribution is -2.37. The lowest BCUT2D eigenvalue weighted by molar-refractivity contribution is 0.160. The normalized spacial score (nSPS) is 10.7. The van der Waals surface area contributed by atoms with Gasteiger partial charge in [0.15, 0.2) is 11.2 Å². The third kappa shape index (κ3) is 1.03. The highest BCUT2D eigenvalue weighted by molar-refractivity contribution is 5.71. The van der Waals surface area contributed by atoms with Gasteiger partial charge in [-0.05, 0) is 0 Å². The van der Waals surface area contributed by atoms with E-state index in [4.69, 9.17) is 0 Å². The maximum atomic E-state index is 11.5. The van der Waals surface area contributed by atoms with Crippen LogP contribution in [0.4, 0.5) is 0 Å². The number of imidazole rings is 1. The highest BCUT2D eigenvalue weighted by atomic mass is 16.5. The van der Waals surface area contributed by atoms with Crippen LogP contribution < -0.4 is 11.2 Å². The quantitative estimate of drug-likeness (QED) is 0.624. The predicted octanol–water partition coefficient (Wildman–Crippen LogP) is -0.766. The monoisotopic (exact) mass is 208 g/mol. The van der Waals surface area contributed by atoms with Crippen LogP contribution >= 0.6 is 0 Å². The van der Waals surface area contributed by atoms with Gasteiger partial charge in [0.25, 0.3) is 0 Å². The molecule has 1 N–H and O–H groups in total. The van der Waals surface area contributed by atoms with Crippen molar-refractivity contribution in [2.24, 2.45) is 7.05 Å². The largest absolute Gasteiger partial charge is 0.421 e. The van der Waals surface area contributed by atoms with Crippen LogP contribution in [0, 0.1) is 0 Å². The van der Waals surface area contributed by atoms with E-state index in [9.17, 15) is 14.8 Å². The molecule has 0 spiro atoms. The van der Waals surface area contributed by atoms with Gasteiger partial charge in [-0.25, -0.2) is 14.3 Å². The van der Waals surface area contributed by atoms with Gasteiger partial charge in [-0.1, -0.05) is 11.3 Å². The fraction of sp³-hybridized carbons (Fsp3) is 0.125. The number of hydrogen-bond acceptors (Lipinski definition) is 4. The van der Waals surface area contributed by atoms with Crippen molar-refractivity contribution in [1.82, 2.24) is 18.8 Å². The fourth-order valence-electron chi connectivity index (χ4n) is 1.39. The number of hydrogen-bond donors (Lipinski definition) is 1. The van der Waals surface area contributed by atoms with Crippen molar-refractivity contribution in [2.75, 3.05) is 0 Å². The molecule has 0 bridgehead atoms. The first-order chi connectivity index (χ1) is 7.07. The average molecular weight is 208 g/mol. The summed E-state index contributed by atoms with van der Waals surface area (Å²) in [5.41, 5.74) is -1.38. The second-order valence-electron chi connectivity index (χ2n) is 2.98. The van der Waals surface area contributed by atoms with Gasteiger partial charge in [0.2, 0.25) is 0 Å². The van der Waals surface area contributed by atoms with Crippen LogP contribution in [-0.2, 0) is 7.05 Å². The van der Waals surface area contributed by atoms with Crippen molar-refractivity contribution < 1.29 is 5.21 Å². The van der Waals surface area contributed by atoms with E-state index in [0.29, 0.717) is 0 Å². The summed E-state index contributed by atoms with van der Waals surface area (Å²) in [5, 5.41) is 9.24. The Balaban J connectivity index is 3.22. The number of aromatic nitrogens is 4. The van der Waals surface area contributed by atoms with Crippen LogP contribution in [0.5, 0.6) is 0 Å². The Hall–Kier alpha value is -2.31. The molecule has 0 aliphatic rings. The molecule has 2 aromatic rings. The number of fused-ring (bicyclic) bond motifs is 1. The van der Waals surface area contributed by atoms with Gasteiger partial charge in [-0.3, -0.25) is 4.79 Å². The topological polar surface area (TPSA) is 82.0 Å². The fourth-order valence-corrected chi connectivity index (χ4v) is 1.39. The van der Waals surface area contributed by atoms with Crippen LogP contribution in [0.2, 0.25) is 0 Å². The molecule has 0 saturated carbocycles. The Bertz CT molecular complexity index is 661. The molecule has 2 heterocycles. The molecule has 0 radical (unpaired) electrons. The van der Waals surface area contributed by atoms with E-state index in [1.165, 1.54) is 17.1 Å². The van der Waals surface area contributed by atoms with Crippen molar-refractivity contribution in [2.45, 2.75) is 0 Å². The molecule has 0 atom stereocenters. The summed E-state index contributed by atoms with van der Waals surface area (Å²) >= 11 is 0. The Morgan fingerprint density at radius 2 is 2.20 bits per heavy atom. The van der Waals surface area contributed by atoms with E-state index in [1.54, 1.807) is 7.05 Å². The van der Waals surface area contributed by atoms with E-state index in [0.717, 1.165) is 4.57 Å². The predicted molar refractivity (Wildman–Crippen MR) is 52.8 cm³/mol. The van der Waals surface area contributed by atoms with Gasteiger partial charge >= 0.3 is 11.2 Å². The van der Waals surface area contributed by atoms with Crippen LogP contribution in [0.25, 0.3) is 17.4 Å². The third-order valence-electron chi connectivity index (χ3n) is 2.11. The summed E-state index contributed by atoms with van der Waals surface area (Å²) in [4.78, 5) is 26.8. The van der Waals surface area contributed by atoms with Crippen molar-refractivity contribution in [3.8, 4) is 0 Å². The van der Waals surface area contributed by atoms with E-state index in [-0.39, 0.29) is 15.9 Å². The summed E-state index contributed by atoms with van der Waals surface area (Å²) in [7, 11) is 1.59. The number of rotatable bonds is 1. The van der Waals surface area contributed by atoms with E-state index < -0.39 is 11.2 Å².